The molecule has 0 aliphatic heterocycles. The van der Waals surface area contributed by atoms with Crippen molar-refractivity contribution in [3.63, 3.8) is 0 Å². The van der Waals surface area contributed by atoms with E-state index in [0.717, 1.165) is 11.8 Å². The standard InChI is InChI=1S/C11H22.3Y/c1-5-10(4)8-9-11(6-2)7-3;;;/h6-7,10-11H,5,8-9H2,1-4H3;;;/q-2;;;. The van der Waals surface area contributed by atoms with Gasteiger partial charge in [0.05, 0.1) is 0 Å². The minimum absolute atomic E-state index is 0. The van der Waals surface area contributed by atoms with E-state index in [4.69, 9.17) is 0 Å². The molecule has 0 spiro atoms. The molecule has 77 valence electrons. The third-order valence-electron chi connectivity index (χ3n) is 2.55. The monoisotopic (exact) mass is 421 g/mol. The van der Waals surface area contributed by atoms with E-state index in [9.17, 15) is 0 Å². The van der Waals surface area contributed by atoms with Crippen molar-refractivity contribution in [2.75, 3.05) is 0 Å². The molecule has 0 aliphatic carbocycles. The van der Waals surface area contributed by atoms with E-state index in [2.05, 4.69) is 40.5 Å². The van der Waals surface area contributed by atoms with Crippen molar-refractivity contribution < 1.29 is 98.1 Å². The zero-order valence-electron chi connectivity index (χ0n) is 10.2. The number of hydrogen-bond donors (Lipinski definition) is 0. The Hall–Kier alpha value is 3.31. The molecule has 0 saturated carbocycles. The summed E-state index contributed by atoms with van der Waals surface area (Å²) in [5.41, 5.74) is 0. The summed E-state index contributed by atoms with van der Waals surface area (Å²) in [5, 5.41) is 0. The molecule has 0 aromatic rings. The van der Waals surface area contributed by atoms with Gasteiger partial charge in [-0.2, -0.15) is 13.8 Å². The van der Waals surface area contributed by atoms with Gasteiger partial charge in [-0.05, 0) is 5.92 Å². The van der Waals surface area contributed by atoms with Crippen LogP contribution in [0.25, 0.3) is 0 Å². The van der Waals surface area contributed by atoms with Gasteiger partial charge < -0.3 is 12.8 Å². The van der Waals surface area contributed by atoms with Crippen LogP contribution in [0.15, 0.2) is 0 Å². The molecular weight excluding hydrogens is 399 g/mol. The summed E-state index contributed by atoms with van der Waals surface area (Å²) in [6.45, 7) is 8.91. The van der Waals surface area contributed by atoms with Crippen LogP contribution >= 0.6 is 0 Å². The summed E-state index contributed by atoms with van der Waals surface area (Å²) in [6.07, 6.45) is 8.61. The van der Waals surface area contributed by atoms with E-state index in [1.54, 1.807) is 0 Å². The van der Waals surface area contributed by atoms with Crippen molar-refractivity contribution in [1.82, 2.24) is 0 Å². The van der Waals surface area contributed by atoms with E-state index in [-0.39, 0.29) is 98.1 Å². The van der Waals surface area contributed by atoms with Crippen LogP contribution in [0.2, 0.25) is 0 Å². The van der Waals surface area contributed by atoms with Crippen molar-refractivity contribution in [3.05, 3.63) is 12.8 Å². The van der Waals surface area contributed by atoms with Gasteiger partial charge in [-0.3, -0.25) is 5.92 Å². The molecule has 0 saturated heterocycles. The van der Waals surface area contributed by atoms with E-state index in [0.29, 0.717) is 0 Å². The first-order valence-electron chi connectivity index (χ1n) is 4.83. The Kier molecular flexibility index (Phi) is 34.7. The van der Waals surface area contributed by atoms with E-state index in [1.165, 1.54) is 19.3 Å². The Morgan fingerprint density at radius 2 is 1.36 bits per heavy atom. The summed E-state index contributed by atoms with van der Waals surface area (Å²) in [4.78, 5) is 0. The summed E-state index contributed by atoms with van der Waals surface area (Å²) < 4.78 is 0. The molecule has 0 aromatic heterocycles. The summed E-state index contributed by atoms with van der Waals surface area (Å²) >= 11 is 0. The molecule has 3 heteroatoms. The summed E-state index contributed by atoms with van der Waals surface area (Å²) in [6, 6.07) is 0. The van der Waals surface area contributed by atoms with Crippen LogP contribution in [0, 0.1) is 24.7 Å². The average molecular weight is 421 g/mol. The van der Waals surface area contributed by atoms with Gasteiger partial charge in [-0.1, -0.05) is 26.7 Å². The fraction of sp³-hybridized carbons (Fsp3) is 0.818. The van der Waals surface area contributed by atoms with Crippen LogP contribution in [0.1, 0.15) is 47.0 Å². The van der Waals surface area contributed by atoms with Crippen LogP contribution < -0.4 is 0 Å². The van der Waals surface area contributed by atoms with Gasteiger partial charge in [0.1, 0.15) is 0 Å². The summed E-state index contributed by atoms with van der Waals surface area (Å²) in [5.74, 6) is 1.64. The molecule has 0 bridgehead atoms. The van der Waals surface area contributed by atoms with Crippen molar-refractivity contribution in [2.24, 2.45) is 11.8 Å². The molecule has 3 radical (unpaired) electrons. The van der Waals surface area contributed by atoms with Crippen LogP contribution in [0.3, 0.4) is 0 Å². The van der Waals surface area contributed by atoms with Crippen LogP contribution in [-0.4, -0.2) is 0 Å². The molecule has 14 heavy (non-hydrogen) atoms. The topological polar surface area (TPSA) is 0 Å². The van der Waals surface area contributed by atoms with Gasteiger partial charge in [-0.15, -0.1) is 6.42 Å². The molecule has 0 N–H and O–H groups in total. The zero-order chi connectivity index (χ0) is 8.69. The van der Waals surface area contributed by atoms with Gasteiger partial charge in [0.25, 0.3) is 0 Å². The normalized spacial score (nSPS) is 10.9. The van der Waals surface area contributed by atoms with Crippen molar-refractivity contribution >= 4 is 0 Å². The maximum atomic E-state index is 2.34. The first-order chi connectivity index (χ1) is 5.24. The minimum atomic E-state index is 0. The van der Waals surface area contributed by atoms with Gasteiger partial charge in [0.15, 0.2) is 0 Å². The van der Waals surface area contributed by atoms with Crippen LogP contribution in [0.4, 0.5) is 0 Å². The van der Waals surface area contributed by atoms with Gasteiger partial charge in [-0.25, -0.2) is 0 Å². The van der Waals surface area contributed by atoms with E-state index >= 15 is 0 Å². The molecule has 0 nitrogen and oxygen atoms in total. The Morgan fingerprint density at radius 3 is 1.64 bits per heavy atom. The molecule has 0 fully saturated rings. The second kappa shape index (κ2) is 18.7. The Balaban J connectivity index is -0.000000167. The predicted molar refractivity (Wildman–Crippen MR) is 52.1 cm³/mol. The second-order valence-electron chi connectivity index (χ2n) is 3.42. The molecule has 0 amide bonds. The molecule has 0 heterocycles. The average Bonchev–Trinajstić information content (AvgIpc) is 2.06. The second-order valence-corrected chi connectivity index (χ2v) is 3.42. The number of hydrogen-bond acceptors (Lipinski definition) is 0. The smallest absolute Gasteiger partial charge is 0 e. The fourth-order valence-corrected chi connectivity index (χ4v) is 1.21. The van der Waals surface area contributed by atoms with Crippen molar-refractivity contribution in [3.8, 4) is 0 Å². The Labute approximate surface area is 167 Å². The van der Waals surface area contributed by atoms with Crippen molar-refractivity contribution in [2.45, 2.75) is 47.0 Å². The molecule has 1 atom stereocenters. The SMILES string of the molecule is C[CH-]C([CH-]C)CCC(C)CC.[Y].[Y].[Y]. The zero-order valence-corrected chi connectivity index (χ0v) is 18.7. The maximum Gasteiger partial charge on any atom is 0 e. The fourth-order valence-electron chi connectivity index (χ4n) is 1.21. The first kappa shape index (κ1) is 26.0. The van der Waals surface area contributed by atoms with Gasteiger partial charge in [0.2, 0.25) is 0 Å². The summed E-state index contributed by atoms with van der Waals surface area (Å²) in [7, 11) is 0. The van der Waals surface area contributed by atoms with Crippen molar-refractivity contribution in [1.29, 1.82) is 0 Å². The molecule has 0 aromatic carbocycles. The van der Waals surface area contributed by atoms with Gasteiger partial charge in [0, 0.05) is 98.1 Å². The molecule has 0 aliphatic rings. The first-order valence-corrected chi connectivity index (χ1v) is 4.83. The molecule has 0 rings (SSSR count). The molecular formula is C11H22Y3-2. The van der Waals surface area contributed by atoms with Gasteiger partial charge >= 0.3 is 0 Å². The maximum absolute atomic E-state index is 2.34. The quantitative estimate of drug-likeness (QED) is 0.572. The van der Waals surface area contributed by atoms with E-state index in [1.807, 2.05) is 0 Å². The van der Waals surface area contributed by atoms with Crippen LogP contribution in [0.5, 0.6) is 0 Å². The number of rotatable bonds is 6. The third-order valence-corrected chi connectivity index (χ3v) is 2.55. The minimum Gasteiger partial charge on any atom is -0.357 e. The largest absolute Gasteiger partial charge is 0.357 e. The Morgan fingerprint density at radius 1 is 0.929 bits per heavy atom. The van der Waals surface area contributed by atoms with E-state index < -0.39 is 0 Å². The van der Waals surface area contributed by atoms with Crippen LogP contribution in [-0.2, 0) is 98.1 Å². The molecule has 1 unspecified atom stereocenters. The predicted octanol–water partition coefficient (Wildman–Crippen LogP) is 3.87. The Bertz CT molecular complexity index is 82.6. The third kappa shape index (κ3) is 15.3.